The predicted molar refractivity (Wildman–Crippen MR) is 128 cm³/mol. The second kappa shape index (κ2) is 9.53. The zero-order valence-electron chi connectivity index (χ0n) is 18.5. The number of primary amides is 1. The lowest BCUT2D eigenvalue weighted by molar-refractivity contribution is -0.142. The Kier molecular flexibility index (Phi) is 6.55. The van der Waals surface area contributed by atoms with Crippen LogP contribution in [0.15, 0.2) is 42.7 Å². The number of carboxylic acid groups (broad SMARTS) is 1. The van der Waals surface area contributed by atoms with Crippen LogP contribution in [0.5, 0.6) is 0 Å². The number of carbonyl (C=O) groups is 2. The molecule has 0 spiro atoms. The van der Waals surface area contributed by atoms with Crippen molar-refractivity contribution in [1.29, 1.82) is 0 Å². The molecule has 9 nitrogen and oxygen atoms in total. The number of carbonyl (C=O) groups excluding carboxylic acids is 1. The number of hydrogen-bond donors (Lipinski definition) is 2. The van der Waals surface area contributed by atoms with E-state index in [0.29, 0.717) is 30.2 Å². The first-order valence-corrected chi connectivity index (χ1v) is 11.6. The smallest absolute Gasteiger partial charge is 0.326 e. The highest BCUT2D eigenvalue weighted by molar-refractivity contribution is 7.18. The van der Waals surface area contributed by atoms with E-state index in [-0.39, 0.29) is 12.0 Å². The lowest BCUT2D eigenvalue weighted by atomic mass is 9.86. The fraction of sp³-hybridized carbons (Fsp3) is 0.348. The van der Waals surface area contributed by atoms with Crippen molar-refractivity contribution >= 4 is 40.1 Å². The van der Waals surface area contributed by atoms with Crippen molar-refractivity contribution in [3.63, 3.8) is 0 Å². The summed E-state index contributed by atoms with van der Waals surface area (Å²) in [5, 5.41) is 10.1. The van der Waals surface area contributed by atoms with Crippen LogP contribution in [0.4, 0.5) is 21.6 Å². The van der Waals surface area contributed by atoms with Gasteiger partial charge >= 0.3 is 12.0 Å². The maximum absolute atomic E-state index is 12.2. The van der Waals surface area contributed by atoms with Crippen LogP contribution in [0.3, 0.4) is 0 Å². The van der Waals surface area contributed by atoms with Gasteiger partial charge in [0.15, 0.2) is 5.13 Å². The summed E-state index contributed by atoms with van der Waals surface area (Å²) in [4.78, 5) is 41.2. The van der Waals surface area contributed by atoms with E-state index in [4.69, 9.17) is 5.73 Å². The third-order valence-corrected chi connectivity index (χ3v) is 7.07. The van der Waals surface area contributed by atoms with Crippen molar-refractivity contribution < 1.29 is 14.7 Å². The summed E-state index contributed by atoms with van der Waals surface area (Å²) in [6.45, 7) is 1.91. The molecule has 0 bridgehead atoms. The maximum atomic E-state index is 12.2. The van der Waals surface area contributed by atoms with Crippen LogP contribution in [-0.4, -0.2) is 45.1 Å². The summed E-state index contributed by atoms with van der Waals surface area (Å²) in [6.07, 6.45) is 6.41. The molecule has 3 heterocycles. The average Bonchev–Trinajstić information content (AvgIpc) is 3.29. The molecule has 33 heavy (non-hydrogen) atoms. The van der Waals surface area contributed by atoms with Gasteiger partial charge in [-0.3, -0.25) is 4.79 Å². The monoisotopic (exact) mass is 466 g/mol. The number of nitrogens with zero attached hydrogens (tertiary/aromatic N) is 5. The molecule has 0 radical (unpaired) electrons. The average molecular weight is 467 g/mol. The summed E-state index contributed by atoms with van der Waals surface area (Å²) >= 11 is 1.51. The zero-order valence-corrected chi connectivity index (χ0v) is 19.3. The molecule has 3 N–H and O–H groups in total. The number of anilines is 3. The first kappa shape index (κ1) is 22.7. The van der Waals surface area contributed by atoms with Gasteiger partial charge in [-0.15, -0.1) is 0 Å². The fourth-order valence-electron chi connectivity index (χ4n) is 4.08. The van der Waals surface area contributed by atoms with Gasteiger partial charge in [-0.1, -0.05) is 17.4 Å². The Hall–Kier alpha value is -3.53. The zero-order chi connectivity index (χ0) is 23.5. The summed E-state index contributed by atoms with van der Waals surface area (Å²) in [7, 11) is 2.00. The molecule has 4 rings (SSSR count). The number of aryl methyl sites for hydroxylation is 1. The Bertz CT molecular complexity index is 1160. The number of thiazole rings is 1. The van der Waals surface area contributed by atoms with Gasteiger partial charge in [0.1, 0.15) is 11.6 Å². The standard InChI is InChI=1S/C23H26N6O3S/c1-14-10-11-25-20(12-14)29(22(24)32)19-5-3-4-17(27-19)18-13-26-23(33-18)28(2)16-8-6-15(7-9-16)21(30)31/h3-5,10-13,15-16H,6-9H2,1-2H3,(H2,24,32)(H,30,31). The minimum atomic E-state index is -0.704. The van der Waals surface area contributed by atoms with Gasteiger partial charge < -0.3 is 15.7 Å². The molecule has 1 aliphatic carbocycles. The molecule has 10 heteroatoms. The highest BCUT2D eigenvalue weighted by Gasteiger charge is 2.29. The van der Waals surface area contributed by atoms with E-state index in [1.807, 2.05) is 32.2 Å². The van der Waals surface area contributed by atoms with Crippen LogP contribution in [0.2, 0.25) is 0 Å². The van der Waals surface area contributed by atoms with Crippen molar-refractivity contribution in [2.24, 2.45) is 11.7 Å². The van der Waals surface area contributed by atoms with Gasteiger partial charge in [0.05, 0.1) is 16.5 Å². The topological polar surface area (TPSA) is 126 Å². The molecule has 0 saturated heterocycles. The lowest BCUT2D eigenvalue weighted by Gasteiger charge is -2.33. The van der Waals surface area contributed by atoms with Gasteiger partial charge in [-0.2, -0.15) is 0 Å². The van der Waals surface area contributed by atoms with E-state index in [2.05, 4.69) is 19.9 Å². The van der Waals surface area contributed by atoms with Crippen molar-refractivity contribution in [3.05, 3.63) is 48.3 Å². The fourth-order valence-corrected chi connectivity index (χ4v) is 5.00. The van der Waals surface area contributed by atoms with Gasteiger partial charge in [0, 0.05) is 25.5 Å². The van der Waals surface area contributed by atoms with Crippen molar-refractivity contribution in [2.75, 3.05) is 16.8 Å². The molecule has 3 aromatic heterocycles. The van der Waals surface area contributed by atoms with Gasteiger partial charge in [-0.25, -0.2) is 24.6 Å². The second-order valence-corrected chi connectivity index (χ2v) is 9.22. The Balaban J connectivity index is 1.55. The minimum Gasteiger partial charge on any atom is -0.481 e. The molecule has 0 aromatic carbocycles. The summed E-state index contributed by atoms with van der Waals surface area (Å²) in [6, 6.07) is 8.61. The Morgan fingerprint density at radius 1 is 1.12 bits per heavy atom. The lowest BCUT2D eigenvalue weighted by Crippen LogP contribution is -2.36. The van der Waals surface area contributed by atoms with Crippen LogP contribution in [0.1, 0.15) is 31.2 Å². The molecular weight excluding hydrogens is 440 g/mol. The van der Waals surface area contributed by atoms with Gasteiger partial charge in [-0.05, 0) is 62.4 Å². The Morgan fingerprint density at radius 3 is 2.55 bits per heavy atom. The molecule has 2 amide bonds. The van der Waals surface area contributed by atoms with E-state index < -0.39 is 12.0 Å². The summed E-state index contributed by atoms with van der Waals surface area (Å²) < 4.78 is 0. The third kappa shape index (κ3) is 4.95. The van der Waals surface area contributed by atoms with Crippen LogP contribution >= 0.6 is 11.3 Å². The number of amides is 2. The highest BCUT2D eigenvalue weighted by Crippen LogP contribution is 2.35. The van der Waals surface area contributed by atoms with Gasteiger partial charge in [0.25, 0.3) is 0 Å². The van der Waals surface area contributed by atoms with E-state index >= 15 is 0 Å². The summed E-state index contributed by atoms with van der Waals surface area (Å²) in [5.41, 5.74) is 7.28. The molecule has 0 unspecified atom stereocenters. The van der Waals surface area contributed by atoms with Gasteiger partial charge in [0.2, 0.25) is 0 Å². The van der Waals surface area contributed by atoms with Crippen LogP contribution in [-0.2, 0) is 4.79 Å². The van der Waals surface area contributed by atoms with E-state index in [1.165, 1.54) is 16.2 Å². The molecule has 0 atom stereocenters. The molecule has 0 aliphatic heterocycles. The number of pyridine rings is 2. The first-order valence-electron chi connectivity index (χ1n) is 10.7. The number of carboxylic acids is 1. The first-order chi connectivity index (χ1) is 15.8. The molecular formula is C23H26N6O3S. The quantitative estimate of drug-likeness (QED) is 0.557. The number of aliphatic carboxylic acids is 1. The number of nitrogens with two attached hydrogens (primary N) is 1. The normalized spacial score (nSPS) is 18.0. The molecule has 1 saturated carbocycles. The Labute approximate surface area is 195 Å². The third-order valence-electron chi connectivity index (χ3n) is 5.96. The Morgan fingerprint density at radius 2 is 1.88 bits per heavy atom. The predicted octanol–water partition coefficient (Wildman–Crippen LogP) is 4.20. The maximum Gasteiger partial charge on any atom is 0.326 e. The van der Waals surface area contributed by atoms with Crippen molar-refractivity contribution in [3.8, 4) is 10.6 Å². The largest absolute Gasteiger partial charge is 0.481 e. The number of aromatic nitrogens is 3. The highest BCUT2D eigenvalue weighted by atomic mass is 32.1. The molecule has 3 aromatic rings. The van der Waals surface area contributed by atoms with Crippen molar-refractivity contribution in [1.82, 2.24) is 15.0 Å². The summed E-state index contributed by atoms with van der Waals surface area (Å²) in [5.74, 6) is -0.156. The number of hydrogen-bond acceptors (Lipinski definition) is 7. The van der Waals surface area contributed by atoms with E-state index in [9.17, 15) is 14.7 Å². The molecule has 172 valence electrons. The minimum absolute atomic E-state index is 0.246. The van der Waals surface area contributed by atoms with Crippen molar-refractivity contribution in [2.45, 2.75) is 38.6 Å². The van der Waals surface area contributed by atoms with Crippen LogP contribution in [0.25, 0.3) is 10.6 Å². The SMILES string of the molecule is Cc1ccnc(N(C(N)=O)c2cccc(-c3cnc(N(C)C4CCC(C(=O)O)CC4)s3)n2)c1. The molecule has 1 aliphatic rings. The van der Waals surface area contributed by atoms with E-state index in [1.54, 1.807) is 24.5 Å². The van der Waals surface area contributed by atoms with Crippen LogP contribution in [0, 0.1) is 12.8 Å². The second-order valence-electron chi connectivity index (χ2n) is 8.21. The number of urea groups is 1. The van der Waals surface area contributed by atoms with E-state index in [0.717, 1.165) is 28.4 Å². The van der Waals surface area contributed by atoms with Crippen LogP contribution < -0.4 is 15.5 Å². The number of rotatable bonds is 6. The molecule has 1 fully saturated rings.